The van der Waals surface area contributed by atoms with Crippen LogP contribution in [0.25, 0.3) is 0 Å². The molecule has 1 amide bonds. The van der Waals surface area contributed by atoms with Crippen LogP contribution in [0.5, 0.6) is 5.75 Å². The molecule has 1 fully saturated rings. The average Bonchev–Trinajstić information content (AvgIpc) is 3.18. The molecule has 0 radical (unpaired) electrons. The van der Waals surface area contributed by atoms with E-state index in [1.807, 2.05) is 19.1 Å². The summed E-state index contributed by atoms with van der Waals surface area (Å²) < 4.78 is 27.8. The minimum absolute atomic E-state index is 0.240. The second-order valence-electron chi connectivity index (χ2n) is 9.43. The molecule has 36 heavy (non-hydrogen) atoms. The fraction of sp³-hybridized carbons (Fsp3) is 0.407. The highest BCUT2D eigenvalue weighted by Gasteiger charge is 2.17. The first-order valence-electron chi connectivity index (χ1n) is 12.1. The van der Waals surface area contributed by atoms with Crippen molar-refractivity contribution >= 4 is 23.3 Å². The second kappa shape index (κ2) is 11.9. The zero-order chi connectivity index (χ0) is 25.7. The molecule has 0 aliphatic carbocycles. The highest BCUT2D eigenvalue weighted by molar-refractivity contribution is 6.30. The van der Waals surface area contributed by atoms with E-state index in [4.69, 9.17) is 21.1 Å². The van der Waals surface area contributed by atoms with E-state index in [1.54, 1.807) is 28.9 Å². The number of carbonyl (C=O) groups is 1. The smallest absolute Gasteiger partial charge is 0.256 e. The van der Waals surface area contributed by atoms with Gasteiger partial charge >= 0.3 is 0 Å². The Balaban J connectivity index is 1.43. The summed E-state index contributed by atoms with van der Waals surface area (Å²) in [6, 6.07) is 11.9. The Kier molecular flexibility index (Phi) is 8.61. The normalized spacial score (nSPS) is 14.3. The lowest BCUT2D eigenvalue weighted by molar-refractivity contribution is 0.0337. The molecule has 0 spiro atoms. The fourth-order valence-electron chi connectivity index (χ4n) is 3.97. The van der Waals surface area contributed by atoms with Gasteiger partial charge in [0.2, 0.25) is 0 Å². The van der Waals surface area contributed by atoms with Crippen molar-refractivity contribution in [1.82, 2.24) is 14.7 Å². The van der Waals surface area contributed by atoms with E-state index in [-0.39, 0.29) is 5.56 Å². The molecule has 1 aromatic heterocycles. The minimum Gasteiger partial charge on any atom is -0.493 e. The molecule has 2 heterocycles. The van der Waals surface area contributed by atoms with Gasteiger partial charge in [0.15, 0.2) is 5.82 Å². The van der Waals surface area contributed by atoms with Gasteiger partial charge < -0.3 is 14.8 Å². The first kappa shape index (κ1) is 26.1. The lowest BCUT2D eigenvalue weighted by atomic mass is 10.1. The van der Waals surface area contributed by atoms with E-state index in [1.165, 1.54) is 6.07 Å². The third-order valence-corrected chi connectivity index (χ3v) is 6.19. The number of hydrogen-bond donors (Lipinski definition) is 1. The summed E-state index contributed by atoms with van der Waals surface area (Å²) in [5, 5.41) is 7.92. The van der Waals surface area contributed by atoms with Crippen LogP contribution in [0.15, 0.2) is 42.5 Å². The van der Waals surface area contributed by atoms with Gasteiger partial charge in [-0.25, -0.2) is 4.39 Å². The largest absolute Gasteiger partial charge is 0.493 e. The van der Waals surface area contributed by atoms with E-state index in [2.05, 4.69) is 29.2 Å². The van der Waals surface area contributed by atoms with Crippen LogP contribution in [0.1, 0.15) is 41.0 Å². The molecule has 3 aromatic rings. The number of ether oxygens (including phenoxy) is 2. The zero-order valence-corrected chi connectivity index (χ0v) is 21.6. The van der Waals surface area contributed by atoms with Crippen LogP contribution < -0.4 is 10.1 Å². The van der Waals surface area contributed by atoms with Gasteiger partial charge in [-0.15, -0.1) is 0 Å². The standard InChI is InChI=1S/C27H32ClFN4O3/c1-18(2)17-36-25-7-6-23(28)13-22(25)16-33-19(3)12-26(31-33)30-27(34)20-4-5-21(24(29)14-20)15-32-8-10-35-11-9-32/h4-7,12-14,18H,8-11,15-17H2,1-3H3,(H,30,31,34). The Morgan fingerprint density at radius 3 is 2.64 bits per heavy atom. The predicted molar refractivity (Wildman–Crippen MR) is 138 cm³/mol. The van der Waals surface area contributed by atoms with E-state index < -0.39 is 11.7 Å². The third kappa shape index (κ3) is 6.84. The molecular formula is C27H32ClFN4O3. The second-order valence-corrected chi connectivity index (χ2v) is 9.87. The maximum absolute atomic E-state index is 14.7. The predicted octanol–water partition coefficient (Wildman–Crippen LogP) is 5.15. The van der Waals surface area contributed by atoms with Gasteiger partial charge in [0.05, 0.1) is 26.4 Å². The quantitative estimate of drug-likeness (QED) is 0.427. The summed E-state index contributed by atoms with van der Waals surface area (Å²) >= 11 is 6.22. The number of aromatic nitrogens is 2. The number of amides is 1. The lowest BCUT2D eigenvalue weighted by Crippen LogP contribution is -2.35. The van der Waals surface area contributed by atoms with Gasteiger partial charge in [-0.1, -0.05) is 31.5 Å². The van der Waals surface area contributed by atoms with E-state index in [0.717, 1.165) is 30.1 Å². The van der Waals surface area contributed by atoms with Gasteiger partial charge in [0.1, 0.15) is 11.6 Å². The third-order valence-electron chi connectivity index (χ3n) is 5.95. The number of nitrogens with zero attached hydrogens (tertiary/aromatic N) is 3. The van der Waals surface area contributed by atoms with Gasteiger partial charge in [0.25, 0.3) is 5.91 Å². The maximum atomic E-state index is 14.7. The molecule has 9 heteroatoms. The van der Waals surface area contributed by atoms with Gasteiger partial charge in [-0.2, -0.15) is 5.10 Å². The molecule has 192 valence electrons. The zero-order valence-electron chi connectivity index (χ0n) is 20.9. The summed E-state index contributed by atoms with van der Waals surface area (Å²) in [7, 11) is 0. The minimum atomic E-state index is -0.416. The Morgan fingerprint density at radius 2 is 1.92 bits per heavy atom. The maximum Gasteiger partial charge on any atom is 0.256 e. The van der Waals surface area contributed by atoms with Crippen LogP contribution >= 0.6 is 11.6 Å². The molecule has 0 bridgehead atoms. The number of rotatable bonds is 9. The van der Waals surface area contributed by atoms with Crippen LogP contribution in [-0.2, 0) is 17.8 Å². The van der Waals surface area contributed by atoms with Crippen molar-refractivity contribution in [3.63, 3.8) is 0 Å². The van der Waals surface area contributed by atoms with Crippen molar-refractivity contribution in [1.29, 1.82) is 0 Å². The van der Waals surface area contributed by atoms with Crippen LogP contribution in [-0.4, -0.2) is 53.5 Å². The molecule has 1 aliphatic heterocycles. The van der Waals surface area contributed by atoms with Crippen molar-refractivity contribution in [2.75, 3.05) is 38.2 Å². The number of anilines is 1. The number of hydrogen-bond acceptors (Lipinski definition) is 5. The molecule has 4 rings (SSSR count). The van der Waals surface area contributed by atoms with Crippen molar-refractivity contribution in [3.05, 3.63) is 75.7 Å². The molecule has 0 atom stereocenters. The molecule has 7 nitrogen and oxygen atoms in total. The van der Waals surface area contributed by atoms with E-state index in [0.29, 0.717) is 55.2 Å². The van der Waals surface area contributed by atoms with Gasteiger partial charge in [0, 0.05) is 53.1 Å². The summed E-state index contributed by atoms with van der Waals surface area (Å²) in [4.78, 5) is 14.9. The first-order valence-corrected chi connectivity index (χ1v) is 12.5. The number of nitrogens with one attached hydrogen (secondary N) is 1. The number of benzene rings is 2. The SMILES string of the molecule is Cc1cc(NC(=O)c2ccc(CN3CCOCC3)c(F)c2)nn1Cc1cc(Cl)ccc1OCC(C)C. The number of halogens is 2. The molecule has 0 unspecified atom stereocenters. The highest BCUT2D eigenvalue weighted by Crippen LogP contribution is 2.25. The van der Waals surface area contributed by atoms with Crippen molar-refractivity contribution in [2.45, 2.75) is 33.9 Å². The summed E-state index contributed by atoms with van der Waals surface area (Å²) in [5.74, 6) is 0.717. The van der Waals surface area contributed by atoms with Crippen molar-refractivity contribution in [3.8, 4) is 5.75 Å². The Bertz CT molecular complexity index is 1210. The number of aryl methyl sites for hydroxylation is 1. The topological polar surface area (TPSA) is 68.6 Å². The Morgan fingerprint density at radius 1 is 1.14 bits per heavy atom. The molecule has 0 saturated carbocycles. The molecule has 1 aliphatic rings. The number of carbonyl (C=O) groups excluding carboxylic acids is 1. The molecule has 1 saturated heterocycles. The Labute approximate surface area is 216 Å². The van der Waals surface area contributed by atoms with Crippen molar-refractivity contribution < 1.29 is 18.7 Å². The van der Waals surface area contributed by atoms with Gasteiger partial charge in [-0.3, -0.25) is 14.4 Å². The summed E-state index contributed by atoms with van der Waals surface area (Å²) in [6.45, 7) is 10.4. The number of morpholine rings is 1. The van der Waals surface area contributed by atoms with Crippen molar-refractivity contribution in [2.24, 2.45) is 5.92 Å². The van der Waals surface area contributed by atoms with E-state index >= 15 is 0 Å². The average molecular weight is 515 g/mol. The molecule has 2 aromatic carbocycles. The van der Waals surface area contributed by atoms with Crippen LogP contribution in [0.3, 0.4) is 0 Å². The Hall–Kier alpha value is -2.94. The first-order chi connectivity index (χ1) is 17.3. The summed E-state index contributed by atoms with van der Waals surface area (Å²) in [6.07, 6.45) is 0. The van der Waals surface area contributed by atoms with Gasteiger partial charge in [-0.05, 0) is 43.2 Å². The summed E-state index contributed by atoms with van der Waals surface area (Å²) in [5.41, 5.74) is 2.55. The molecule has 1 N–H and O–H groups in total. The van der Waals surface area contributed by atoms with E-state index in [9.17, 15) is 9.18 Å². The highest BCUT2D eigenvalue weighted by atomic mass is 35.5. The molecular weight excluding hydrogens is 483 g/mol. The van der Waals surface area contributed by atoms with Crippen LogP contribution in [0.2, 0.25) is 5.02 Å². The monoisotopic (exact) mass is 514 g/mol. The lowest BCUT2D eigenvalue weighted by Gasteiger charge is -2.26. The van der Waals surface area contributed by atoms with Crippen LogP contribution in [0.4, 0.5) is 10.2 Å². The fourth-order valence-corrected chi connectivity index (χ4v) is 4.16. The van der Waals surface area contributed by atoms with Crippen LogP contribution in [0, 0.1) is 18.7 Å².